The minimum Gasteiger partial charge on any atom is -0.478 e. The Morgan fingerprint density at radius 3 is 2.06 bits per heavy atom. The topological polar surface area (TPSA) is 89.6 Å². The average molecular weight is 551 g/mol. The molecule has 1 aromatic carbocycles. The predicted molar refractivity (Wildman–Crippen MR) is 144 cm³/mol. The zero-order valence-corrected chi connectivity index (χ0v) is 23.0. The van der Waals surface area contributed by atoms with Crippen LogP contribution in [0.4, 0.5) is 5.69 Å². The fourth-order valence-corrected chi connectivity index (χ4v) is 4.37. The molecule has 0 spiro atoms. The molecule has 2 fully saturated rings. The van der Waals surface area contributed by atoms with Gasteiger partial charge in [-0.15, -0.1) is 24.8 Å². The SMILES string of the molecule is CCOC(=O)COc1ccc(N2CCN(CCC3CCNCC3)CC2)cc1OCC(=O)OCC.Cl.Cl. The number of esters is 2. The summed E-state index contributed by atoms with van der Waals surface area (Å²) in [4.78, 5) is 28.4. The monoisotopic (exact) mass is 549 g/mol. The van der Waals surface area contributed by atoms with Gasteiger partial charge in [0.2, 0.25) is 0 Å². The van der Waals surface area contributed by atoms with E-state index in [1.165, 1.54) is 19.3 Å². The van der Waals surface area contributed by atoms with E-state index in [4.69, 9.17) is 18.9 Å². The normalized spacial score (nSPS) is 16.3. The quantitative estimate of drug-likeness (QED) is 0.395. The lowest BCUT2D eigenvalue weighted by molar-refractivity contribution is -0.146. The summed E-state index contributed by atoms with van der Waals surface area (Å²) >= 11 is 0. The highest BCUT2D eigenvalue weighted by molar-refractivity contribution is 5.85. The lowest BCUT2D eigenvalue weighted by Gasteiger charge is -2.37. The largest absolute Gasteiger partial charge is 0.478 e. The summed E-state index contributed by atoms with van der Waals surface area (Å²) in [6.45, 7) is 11.0. The Bertz CT molecular complexity index is 787. The van der Waals surface area contributed by atoms with Gasteiger partial charge >= 0.3 is 11.9 Å². The van der Waals surface area contributed by atoms with Crippen LogP contribution >= 0.6 is 24.8 Å². The summed E-state index contributed by atoms with van der Waals surface area (Å²) < 4.78 is 21.2. The van der Waals surface area contributed by atoms with Gasteiger partial charge in [-0.2, -0.15) is 0 Å². The van der Waals surface area contributed by atoms with Gasteiger partial charge in [-0.3, -0.25) is 4.90 Å². The first kappa shape index (κ1) is 32.1. The first-order chi connectivity index (χ1) is 16.6. The zero-order chi connectivity index (χ0) is 24.2. The Morgan fingerprint density at radius 2 is 1.47 bits per heavy atom. The number of nitrogens with one attached hydrogen (secondary N) is 1. The molecule has 0 radical (unpaired) electrons. The Balaban J connectivity index is 0.00000324. The molecular formula is C25H41Cl2N3O6. The lowest BCUT2D eigenvalue weighted by atomic mass is 9.94. The van der Waals surface area contributed by atoms with Crippen LogP contribution in [0.3, 0.4) is 0 Å². The summed E-state index contributed by atoms with van der Waals surface area (Å²) in [5, 5.41) is 3.44. The standard InChI is InChI=1S/C25H39N3O6.2ClH/c1-3-31-24(29)18-33-22-6-5-21(17-23(22)34-19-25(30)32-4-2)28-15-13-27(14-16-28)12-9-20-7-10-26-11-8-20;;/h5-6,17,20,26H,3-4,7-16,18-19H2,1-2H3;2*1H. The van der Waals surface area contributed by atoms with E-state index in [-0.39, 0.29) is 51.2 Å². The van der Waals surface area contributed by atoms with Gasteiger partial charge in [0.1, 0.15) is 0 Å². The van der Waals surface area contributed by atoms with Crippen LogP contribution in [0.2, 0.25) is 0 Å². The number of hydrogen-bond donors (Lipinski definition) is 1. The highest BCUT2D eigenvalue weighted by Crippen LogP contribution is 2.33. The molecule has 0 bridgehead atoms. The first-order valence-corrected chi connectivity index (χ1v) is 12.5. The van der Waals surface area contributed by atoms with Crippen LogP contribution in [0.1, 0.15) is 33.1 Å². The van der Waals surface area contributed by atoms with Crippen LogP contribution in [-0.2, 0) is 19.1 Å². The van der Waals surface area contributed by atoms with Crippen LogP contribution in [-0.4, -0.2) is 89.1 Å². The predicted octanol–water partition coefficient (Wildman–Crippen LogP) is 2.93. The van der Waals surface area contributed by atoms with Crippen LogP contribution in [0, 0.1) is 5.92 Å². The maximum absolute atomic E-state index is 11.8. The Labute approximate surface area is 227 Å². The van der Waals surface area contributed by atoms with Gasteiger partial charge in [-0.1, -0.05) is 0 Å². The number of hydrogen-bond acceptors (Lipinski definition) is 9. The third kappa shape index (κ3) is 10.6. The van der Waals surface area contributed by atoms with Gasteiger partial charge in [0.05, 0.1) is 13.2 Å². The maximum Gasteiger partial charge on any atom is 0.344 e. The van der Waals surface area contributed by atoms with Gasteiger partial charge in [0, 0.05) is 37.9 Å². The van der Waals surface area contributed by atoms with E-state index in [0.29, 0.717) is 11.5 Å². The minimum atomic E-state index is -0.455. The third-order valence-corrected chi connectivity index (χ3v) is 6.28. The first-order valence-electron chi connectivity index (χ1n) is 12.5. The molecule has 2 aliphatic heterocycles. The number of anilines is 1. The van der Waals surface area contributed by atoms with Crippen molar-refractivity contribution in [2.24, 2.45) is 5.92 Å². The van der Waals surface area contributed by atoms with Crippen molar-refractivity contribution in [3.05, 3.63) is 18.2 Å². The second-order valence-corrected chi connectivity index (χ2v) is 8.63. The van der Waals surface area contributed by atoms with Crippen molar-refractivity contribution >= 4 is 42.4 Å². The number of ether oxygens (including phenoxy) is 4. The van der Waals surface area contributed by atoms with E-state index in [1.807, 2.05) is 12.1 Å². The fourth-order valence-electron chi connectivity index (χ4n) is 4.37. The van der Waals surface area contributed by atoms with E-state index in [0.717, 1.165) is 57.4 Å². The van der Waals surface area contributed by atoms with E-state index in [1.54, 1.807) is 19.9 Å². The average Bonchev–Trinajstić information content (AvgIpc) is 2.86. The maximum atomic E-state index is 11.8. The summed E-state index contributed by atoms with van der Waals surface area (Å²) in [6.07, 6.45) is 3.86. The number of piperidine rings is 1. The Morgan fingerprint density at radius 1 is 0.889 bits per heavy atom. The molecule has 2 aliphatic rings. The van der Waals surface area contributed by atoms with Gasteiger partial charge in [-0.25, -0.2) is 9.59 Å². The molecule has 0 amide bonds. The van der Waals surface area contributed by atoms with E-state index >= 15 is 0 Å². The fraction of sp³-hybridized carbons (Fsp3) is 0.680. The summed E-state index contributed by atoms with van der Waals surface area (Å²) in [5.74, 6) is 0.737. The molecule has 206 valence electrons. The molecule has 2 saturated heterocycles. The van der Waals surface area contributed by atoms with Crippen molar-refractivity contribution in [1.82, 2.24) is 10.2 Å². The molecule has 2 heterocycles. The molecule has 9 nitrogen and oxygen atoms in total. The molecule has 0 aliphatic carbocycles. The van der Waals surface area contributed by atoms with Crippen LogP contribution in [0.25, 0.3) is 0 Å². The number of benzene rings is 1. The number of carbonyl (C=O) groups is 2. The van der Waals surface area contributed by atoms with Gasteiger partial charge in [0.25, 0.3) is 0 Å². The van der Waals surface area contributed by atoms with E-state index in [2.05, 4.69) is 15.1 Å². The number of carbonyl (C=O) groups excluding carboxylic acids is 2. The highest BCUT2D eigenvalue weighted by atomic mass is 35.5. The lowest BCUT2D eigenvalue weighted by Crippen LogP contribution is -2.47. The van der Waals surface area contributed by atoms with Crippen molar-refractivity contribution in [3.8, 4) is 11.5 Å². The number of halogens is 2. The molecular weight excluding hydrogens is 509 g/mol. The molecule has 36 heavy (non-hydrogen) atoms. The number of nitrogens with zero attached hydrogens (tertiary/aromatic N) is 2. The van der Waals surface area contributed by atoms with Gasteiger partial charge < -0.3 is 29.2 Å². The van der Waals surface area contributed by atoms with Crippen LogP contribution in [0.15, 0.2) is 18.2 Å². The third-order valence-electron chi connectivity index (χ3n) is 6.28. The van der Waals surface area contributed by atoms with Crippen molar-refractivity contribution in [3.63, 3.8) is 0 Å². The molecule has 1 N–H and O–H groups in total. The summed E-state index contributed by atoms with van der Waals surface area (Å²) in [6, 6.07) is 5.60. The number of piperazine rings is 1. The Kier molecular flexibility index (Phi) is 15.6. The second kappa shape index (κ2) is 17.5. The summed E-state index contributed by atoms with van der Waals surface area (Å²) in [7, 11) is 0. The zero-order valence-electron chi connectivity index (χ0n) is 21.4. The minimum absolute atomic E-state index is 0. The smallest absolute Gasteiger partial charge is 0.344 e. The number of rotatable bonds is 12. The molecule has 0 unspecified atom stereocenters. The molecule has 1 aromatic rings. The van der Waals surface area contributed by atoms with Crippen molar-refractivity contribution in [1.29, 1.82) is 0 Å². The second-order valence-electron chi connectivity index (χ2n) is 8.63. The van der Waals surface area contributed by atoms with Crippen molar-refractivity contribution in [2.45, 2.75) is 33.1 Å². The van der Waals surface area contributed by atoms with Crippen molar-refractivity contribution in [2.75, 3.05) is 77.1 Å². The molecule has 0 atom stereocenters. The van der Waals surface area contributed by atoms with Gasteiger partial charge in [-0.05, 0) is 70.8 Å². The van der Waals surface area contributed by atoms with E-state index in [9.17, 15) is 9.59 Å². The highest BCUT2D eigenvalue weighted by Gasteiger charge is 2.21. The Hall–Kier alpha value is -1.94. The molecule has 0 aromatic heterocycles. The molecule has 11 heteroatoms. The molecule has 0 saturated carbocycles. The summed E-state index contributed by atoms with van der Waals surface area (Å²) in [5.41, 5.74) is 1.00. The van der Waals surface area contributed by atoms with Gasteiger partial charge in [0.15, 0.2) is 24.7 Å². The molecule has 3 rings (SSSR count). The van der Waals surface area contributed by atoms with E-state index < -0.39 is 11.9 Å². The van der Waals surface area contributed by atoms with Crippen LogP contribution in [0.5, 0.6) is 11.5 Å². The van der Waals surface area contributed by atoms with Crippen molar-refractivity contribution < 1.29 is 28.5 Å². The van der Waals surface area contributed by atoms with Crippen LogP contribution < -0.4 is 19.7 Å².